The first-order valence-corrected chi connectivity index (χ1v) is 9.93. The molecule has 9 heteroatoms. The Hall–Kier alpha value is -2.23. The van der Waals surface area contributed by atoms with Crippen LogP contribution in [-0.2, 0) is 16.1 Å². The molecule has 9 nitrogen and oxygen atoms in total. The fourth-order valence-corrected chi connectivity index (χ4v) is 3.79. The zero-order valence-electron chi connectivity index (χ0n) is 16.8. The molecule has 2 fully saturated rings. The Morgan fingerprint density at radius 2 is 1.38 bits per heavy atom. The third-order valence-corrected chi connectivity index (χ3v) is 5.49. The van der Waals surface area contributed by atoms with Crippen LogP contribution in [0.15, 0.2) is 9.05 Å². The normalized spacial score (nSPS) is 18.3. The molecule has 0 aromatic carbocycles. The standard InChI is InChI=1S/C10H13NO4.C10H15NO3/c1-6-8(10(12)13)9(11-15-6)7-2-4-14-5-3-7;1-7-9(6-12)10(11-14-7)8-2-4-13-5-3-8/h7H,2-5H2,1H3,(H,12,13);8,12H,2-6H2,1H3. The molecule has 2 aromatic heterocycles. The van der Waals surface area contributed by atoms with Gasteiger partial charge in [-0.25, -0.2) is 4.79 Å². The van der Waals surface area contributed by atoms with Crippen LogP contribution >= 0.6 is 0 Å². The Labute approximate surface area is 168 Å². The van der Waals surface area contributed by atoms with E-state index in [1.165, 1.54) is 0 Å². The molecule has 0 saturated carbocycles. The van der Waals surface area contributed by atoms with Gasteiger partial charge in [0.05, 0.1) is 12.3 Å². The fourth-order valence-electron chi connectivity index (χ4n) is 3.79. The lowest BCUT2D eigenvalue weighted by atomic mass is 9.93. The average molecular weight is 408 g/mol. The number of hydrogen-bond acceptors (Lipinski definition) is 8. The summed E-state index contributed by atoms with van der Waals surface area (Å²) in [6, 6.07) is 0. The number of aliphatic hydroxyl groups is 1. The summed E-state index contributed by atoms with van der Waals surface area (Å²) < 4.78 is 20.5. The summed E-state index contributed by atoms with van der Waals surface area (Å²) >= 11 is 0. The van der Waals surface area contributed by atoms with Gasteiger partial charge in [0.1, 0.15) is 22.8 Å². The lowest BCUT2D eigenvalue weighted by Gasteiger charge is -2.20. The van der Waals surface area contributed by atoms with Crippen molar-refractivity contribution in [2.24, 2.45) is 0 Å². The second kappa shape index (κ2) is 10.00. The Bertz CT molecular complexity index is 802. The van der Waals surface area contributed by atoms with Gasteiger partial charge in [0.25, 0.3) is 0 Å². The third kappa shape index (κ3) is 5.04. The van der Waals surface area contributed by atoms with E-state index < -0.39 is 5.97 Å². The molecule has 0 aliphatic carbocycles. The number of aromatic carboxylic acids is 1. The van der Waals surface area contributed by atoms with E-state index in [0.717, 1.165) is 55.9 Å². The molecular formula is C20H28N2O7. The van der Waals surface area contributed by atoms with Crippen LogP contribution in [-0.4, -0.2) is 52.9 Å². The van der Waals surface area contributed by atoms with E-state index >= 15 is 0 Å². The van der Waals surface area contributed by atoms with Gasteiger partial charge in [-0.2, -0.15) is 0 Å². The van der Waals surface area contributed by atoms with Crippen molar-refractivity contribution in [2.45, 2.75) is 58.0 Å². The number of hydrogen-bond donors (Lipinski definition) is 2. The molecular weight excluding hydrogens is 380 g/mol. The minimum absolute atomic E-state index is 0.0159. The van der Waals surface area contributed by atoms with Gasteiger partial charge in [0.2, 0.25) is 0 Å². The predicted octanol–water partition coefficient (Wildman–Crippen LogP) is 2.94. The molecule has 2 N–H and O–H groups in total. The molecule has 2 saturated heterocycles. The van der Waals surface area contributed by atoms with Gasteiger partial charge in [-0.1, -0.05) is 10.3 Å². The number of carbonyl (C=O) groups is 1. The van der Waals surface area contributed by atoms with Crippen LogP contribution in [0, 0.1) is 13.8 Å². The maximum Gasteiger partial charge on any atom is 0.341 e. The maximum atomic E-state index is 11.0. The lowest BCUT2D eigenvalue weighted by Crippen LogP contribution is -2.16. The highest BCUT2D eigenvalue weighted by Gasteiger charge is 2.27. The quantitative estimate of drug-likeness (QED) is 0.784. The summed E-state index contributed by atoms with van der Waals surface area (Å²) in [6.45, 7) is 6.36. The van der Waals surface area contributed by atoms with Gasteiger partial charge in [0.15, 0.2) is 0 Å². The number of rotatable bonds is 4. The number of carboxylic acid groups (broad SMARTS) is 1. The van der Waals surface area contributed by atoms with Crippen molar-refractivity contribution >= 4 is 5.97 Å². The van der Waals surface area contributed by atoms with Crippen molar-refractivity contribution in [1.82, 2.24) is 10.3 Å². The molecule has 2 aliphatic rings. The smallest absolute Gasteiger partial charge is 0.341 e. The summed E-state index contributed by atoms with van der Waals surface area (Å²) in [4.78, 5) is 11.0. The molecule has 0 amide bonds. The summed E-state index contributed by atoms with van der Waals surface area (Å²) in [5.41, 5.74) is 2.58. The van der Waals surface area contributed by atoms with E-state index in [2.05, 4.69) is 10.3 Å². The predicted molar refractivity (Wildman–Crippen MR) is 101 cm³/mol. The van der Waals surface area contributed by atoms with E-state index in [1.807, 2.05) is 6.92 Å². The maximum absolute atomic E-state index is 11.0. The van der Waals surface area contributed by atoms with Crippen molar-refractivity contribution in [1.29, 1.82) is 0 Å². The van der Waals surface area contributed by atoms with E-state index in [1.54, 1.807) is 6.92 Å². The monoisotopic (exact) mass is 408 g/mol. The molecule has 0 radical (unpaired) electrons. The summed E-state index contributed by atoms with van der Waals surface area (Å²) in [6.07, 6.45) is 3.57. The molecule has 2 aliphatic heterocycles. The largest absolute Gasteiger partial charge is 0.477 e. The Kier molecular flexibility index (Phi) is 7.40. The highest BCUT2D eigenvalue weighted by molar-refractivity contribution is 5.90. The number of aromatic nitrogens is 2. The van der Waals surface area contributed by atoms with Crippen LogP contribution in [0.5, 0.6) is 0 Å². The number of aliphatic hydroxyl groups excluding tert-OH is 1. The molecule has 0 bridgehead atoms. The van der Waals surface area contributed by atoms with E-state index in [-0.39, 0.29) is 18.1 Å². The van der Waals surface area contributed by atoms with Gasteiger partial charge >= 0.3 is 5.97 Å². The van der Waals surface area contributed by atoms with Crippen molar-refractivity contribution < 1.29 is 33.5 Å². The number of carboxylic acids is 1. The van der Waals surface area contributed by atoms with Crippen LogP contribution in [0.2, 0.25) is 0 Å². The van der Waals surface area contributed by atoms with Crippen molar-refractivity contribution in [2.75, 3.05) is 26.4 Å². The number of nitrogens with zero attached hydrogens (tertiary/aromatic N) is 2. The first kappa shape index (κ1) is 21.5. The molecule has 29 heavy (non-hydrogen) atoms. The number of ether oxygens (including phenoxy) is 2. The van der Waals surface area contributed by atoms with Crippen LogP contribution in [0.4, 0.5) is 0 Å². The molecule has 0 unspecified atom stereocenters. The SMILES string of the molecule is Cc1onc(C2CCOCC2)c1C(=O)O.Cc1onc(C2CCOCC2)c1CO. The molecule has 160 valence electrons. The van der Waals surface area contributed by atoms with Crippen molar-refractivity contribution in [3.8, 4) is 0 Å². The average Bonchev–Trinajstić information content (AvgIpc) is 3.32. The molecule has 4 rings (SSSR count). The minimum Gasteiger partial charge on any atom is -0.477 e. The van der Waals surface area contributed by atoms with Crippen LogP contribution in [0.1, 0.15) is 76.3 Å². The Morgan fingerprint density at radius 3 is 1.90 bits per heavy atom. The second-order valence-electron chi connectivity index (χ2n) is 7.34. The molecule has 0 spiro atoms. The van der Waals surface area contributed by atoms with Gasteiger partial charge in [0, 0.05) is 43.8 Å². The zero-order chi connectivity index (χ0) is 20.8. The summed E-state index contributed by atoms with van der Waals surface area (Å²) in [5.74, 6) is 0.693. The molecule has 0 atom stereocenters. The minimum atomic E-state index is -0.963. The van der Waals surface area contributed by atoms with Crippen LogP contribution in [0.3, 0.4) is 0 Å². The highest BCUT2D eigenvalue weighted by atomic mass is 16.5. The highest BCUT2D eigenvalue weighted by Crippen LogP contribution is 2.31. The van der Waals surface area contributed by atoms with Gasteiger partial charge < -0.3 is 28.7 Å². The van der Waals surface area contributed by atoms with Gasteiger partial charge in [-0.3, -0.25) is 0 Å². The van der Waals surface area contributed by atoms with E-state index in [0.29, 0.717) is 30.6 Å². The van der Waals surface area contributed by atoms with Gasteiger partial charge in [-0.05, 0) is 39.5 Å². The molecule has 4 heterocycles. The molecule has 2 aromatic rings. The number of aryl methyl sites for hydroxylation is 2. The first-order valence-electron chi connectivity index (χ1n) is 9.93. The summed E-state index contributed by atoms with van der Waals surface area (Å²) in [7, 11) is 0. The van der Waals surface area contributed by atoms with Crippen molar-refractivity contribution in [3.05, 3.63) is 34.0 Å². The third-order valence-electron chi connectivity index (χ3n) is 5.49. The summed E-state index contributed by atoms with van der Waals surface area (Å²) in [5, 5.41) is 26.1. The fraction of sp³-hybridized carbons (Fsp3) is 0.650. The van der Waals surface area contributed by atoms with E-state index in [9.17, 15) is 9.90 Å². The topological polar surface area (TPSA) is 128 Å². The Morgan fingerprint density at radius 1 is 0.897 bits per heavy atom. The zero-order valence-corrected chi connectivity index (χ0v) is 16.8. The first-order chi connectivity index (χ1) is 14.0. The Balaban J connectivity index is 0.000000166. The van der Waals surface area contributed by atoms with Crippen LogP contribution < -0.4 is 0 Å². The van der Waals surface area contributed by atoms with Crippen molar-refractivity contribution in [3.63, 3.8) is 0 Å². The van der Waals surface area contributed by atoms with Crippen LogP contribution in [0.25, 0.3) is 0 Å². The van der Waals surface area contributed by atoms with E-state index in [4.69, 9.17) is 23.6 Å². The van der Waals surface area contributed by atoms with Gasteiger partial charge in [-0.15, -0.1) is 0 Å². The lowest BCUT2D eigenvalue weighted by molar-refractivity contribution is 0.0683. The second-order valence-corrected chi connectivity index (χ2v) is 7.34.